The molecule has 0 heterocycles. The summed E-state index contributed by atoms with van der Waals surface area (Å²) in [5.41, 5.74) is 11.2. The Morgan fingerprint density at radius 1 is 0.359 bits per heavy atom. The predicted octanol–water partition coefficient (Wildman–Crippen LogP) is 17.7. The first-order chi connectivity index (χ1) is 31.4. The van der Waals surface area contributed by atoms with Gasteiger partial charge in [0.2, 0.25) is 0 Å². The standard InChI is InChI=1S/C63H100Si/c1-9-16-22-28-34-53-42-54(35-29-23-17-10-2)46-61(45-53)64(60-41-40-59(51-60)52(8)15-7,62-47-55(36-30-24-18-11-3)43-56(48-62)37-31-25-19-12-4)63-49-57(38-32-26-20-13-5)44-58(50-63)39-33-27-21-14-6/h40,42-52H,9-39,41H2,1-8H3. The molecule has 0 bridgehead atoms. The van der Waals surface area contributed by atoms with Crippen molar-refractivity contribution < 1.29 is 0 Å². The molecule has 0 amide bonds. The minimum Gasteiger partial charge on any atom is -0.0773 e. The highest BCUT2D eigenvalue weighted by molar-refractivity contribution is 7.16. The average Bonchev–Trinajstić information content (AvgIpc) is 3.80. The monoisotopic (exact) mass is 885 g/mol. The number of allylic oxidation sites excluding steroid dienone is 4. The van der Waals surface area contributed by atoms with Crippen LogP contribution in [0.5, 0.6) is 0 Å². The van der Waals surface area contributed by atoms with Crippen LogP contribution in [0.3, 0.4) is 0 Å². The molecule has 0 nitrogen and oxygen atoms in total. The number of aryl methyl sites for hydroxylation is 6. The molecular weight excluding hydrogens is 785 g/mol. The van der Waals surface area contributed by atoms with Crippen LogP contribution in [0.25, 0.3) is 0 Å². The number of rotatable bonds is 36. The molecular formula is C63H100Si. The Morgan fingerprint density at radius 2 is 0.625 bits per heavy atom. The first-order valence-corrected chi connectivity index (χ1v) is 30.2. The van der Waals surface area contributed by atoms with Crippen molar-refractivity contribution in [3.63, 3.8) is 0 Å². The summed E-state index contributed by atoms with van der Waals surface area (Å²) in [6, 6.07) is 24.8. The van der Waals surface area contributed by atoms with E-state index in [9.17, 15) is 0 Å². The van der Waals surface area contributed by atoms with Gasteiger partial charge in [-0.1, -0.05) is 243 Å². The maximum absolute atomic E-state index is 2.81. The Hall–Kier alpha value is -2.64. The molecule has 1 aliphatic rings. The number of hydrogen-bond acceptors (Lipinski definition) is 0. The van der Waals surface area contributed by atoms with Crippen LogP contribution in [0.4, 0.5) is 0 Å². The van der Waals surface area contributed by atoms with Gasteiger partial charge in [0, 0.05) is 0 Å². The molecule has 0 aromatic heterocycles. The smallest absolute Gasteiger partial charge is 0.0773 e. The average molecular weight is 886 g/mol. The zero-order valence-electron chi connectivity index (χ0n) is 43.6. The van der Waals surface area contributed by atoms with E-state index >= 15 is 0 Å². The van der Waals surface area contributed by atoms with E-state index in [0.717, 1.165) is 6.42 Å². The molecule has 0 radical (unpaired) electrons. The molecule has 1 atom stereocenters. The van der Waals surface area contributed by atoms with Gasteiger partial charge in [-0.15, -0.1) is 0 Å². The van der Waals surface area contributed by atoms with Crippen LogP contribution in [0, 0.1) is 5.92 Å². The molecule has 1 heteroatoms. The molecule has 3 aromatic carbocycles. The minimum atomic E-state index is -2.80. The van der Waals surface area contributed by atoms with Gasteiger partial charge >= 0.3 is 0 Å². The van der Waals surface area contributed by atoms with Crippen LogP contribution >= 0.6 is 0 Å². The molecule has 0 aliphatic heterocycles. The molecule has 0 saturated heterocycles. The Kier molecular flexibility index (Phi) is 26.4. The van der Waals surface area contributed by atoms with Crippen LogP contribution in [0.1, 0.15) is 256 Å². The van der Waals surface area contributed by atoms with Crippen molar-refractivity contribution in [1.29, 1.82) is 0 Å². The summed E-state index contributed by atoms with van der Waals surface area (Å²) in [6.45, 7) is 19.0. The highest BCUT2D eigenvalue weighted by Crippen LogP contribution is 2.34. The zero-order chi connectivity index (χ0) is 45.8. The first-order valence-electron chi connectivity index (χ1n) is 28.2. The van der Waals surface area contributed by atoms with E-state index in [1.54, 1.807) is 59.7 Å². The topological polar surface area (TPSA) is 0 Å². The van der Waals surface area contributed by atoms with Crippen LogP contribution in [0.15, 0.2) is 77.5 Å². The fourth-order valence-electron chi connectivity index (χ4n) is 10.8. The lowest BCUT2D eigenvalue weighted by Crippen LogP contribution is -2.69. The maximum Gasteiger partial charge on any atom is 0.176 e. The first kappa shape index (κ1) is 54.0. The fourth-order valence-corrected chi connectivity index (χ4v) is 16.1. The van der Waals surface area contributed by atoms with Crippen LogP contribution in [-0.4, -0.2) is 8.07 Å². The summed E-state index contributed by atoms with van der Waals surface area (Å²) in [5.74, 6) is 0.585. The quantitative estimate of drug-likeness (QED) is 0.0310. The molecule has 0 spiro atoms. The maximum atomic E-state index is 2.81. The second kappa shape index (κ2) is 31.4. The van der Waals surface area contributed by atoms with E-state index in [4.69, 9.17) is 0 Å². The van der Waals surface area contributed by atoms with Gasteiger partial charge in [0.25, 0.3) is 0 Å². The lowest BCUT2D eigenvalue weighted by Gasteiger charge is -2.37. The summed E-state index contributed by atoms with van der Waals surface area (Å²) in [6.07, 6.45) is 46.6. The molecule has 0 saturated carbocycles. The summed E-state index contributed by atoms with van der Waals surface area (Å²) < 4.78 is 0. The molecule has 3 aromatic rings. The number of benzene rings is 3. The van der Waals surface area contributed by atoms with Gasteiger partial charge in [0.05, 0.1) is 0 Å². The highest BCUT2D eigenvalue weighted by atomic mass is 28.3. The summed E-state index contributed by atoms with van der Waals surface area (Å²) in [4.78, 5) is 0. The van der Waals surface area contributed by atoms with Crippen molar-refractivity contribution in [2.24, 2.45) is 5.92 Å². The second-order valence-electron chi connectivity index (χ2n) is 20.6. The van der Waals surface area contributed by atoms with Crippen molar-refractivity contribution in [2.75, 3.05) is 0 Å². The highest BCUT2D eigenvalue weighted by Gasteiger charge is 2.45. The lowest BCUT2D eigenvalue weighted by atomic mass is 10.00. The zero-order valence-corrected chi connectivity index (χ0v) is 44.6. The molecule has 1 unspecified atom stereocenters. The number of hydrogen-bond donors (Lipinski definition) is 0. The Balaban J connectivity index is 2.15. The molecule has 64 heavy (non-hydrogen) atoms. The molecule has 0 N–H and O–H groups in total. The van der Waals surface area contributed by atoms with Gasteiger partial charge in [0.15, 0.2) is 8.07 Å². The molecule has 4 rings (SSSR count). The van der Waals surface area contributed by atoms with E-state index in [1.165, 1.54) is 199 Å². The summed E-state index contributed by atoms with van der Waals surface area (Å²) in [7, 11) is -2.80. The van der Waals surface area contributed by atoms with Gasteiger partial charge in [-0.25, -0.2) is 0 Å². The largest absolute Gasteiger partial charge is 0.176 e. The predicted molar refractivity (Wildman–Crippen MR) is 291 cm³/mol. The fraction of sp³-hybridized carbons (Fsp3) is 0.651. The third kappa shape index (κ3) is 17.2. The van der Waals surface area contributed by atoms with Gasteiger partial charge in [0.1, 0.15) is 0 Å². The van der Waals surface area contributed by atoms with Crippen LogP contribution in [-0.2, 0) is 38.5 Å². The summed E-state index contributed by atoms with van der Waals surface area (Å²) in [5, 5.41) is 6.83. The third-order valence-corrected chi connectivity index (χ3v) is 19.7. The normalized spacial score (nSPS) is 13.4. The Labute approximate surface area is 399 Å². The van der Waals surface area contributed by atoms with E-state index in [2.05, 4.69) is 122 Å². The minimum absolute atomic E-state index is 0.585. The Morgan fingerprint density at radius 3 is 0.859 bits per heavy atom. The SMILES string of the molecule is CCCCCCc1cc(CCCCCC)cc([Si](C2=CC(C(C)CC)=CC2)(c2cc(CCCCCC)cc(CCCCCC)c2)c2cc(CCCCCC)cc(CCCCCC)c2)c1. The van der Waals surface area contributed by atoms with E-state index < -0.39 is 8.07 Å². The molecule has 356 valence electrons. The van der Waals surface area contributed by atoms with Gasteiger partial charge in [-0.3, -0.25) is 0 Å². The third-order valence-electron chi connectivity index (χ3n) is 14.9. The lowest BCUT2D eigenvalue weighted by molar-refractivity contribution is 0.661. The van der Waals surface area contributed by atoms with Gasteiger partial charge < -0.3 is 0 Å². The van der Waals surface area contributed by atoms with Crippen LogP contribution < -0.4 is 15.6 Å². The van der Waals surface area contributed by atoms with Gasteiger partial charge in [-0.2, -0.15) is 0 Å². The van der Waals surface area contributed by atoms with Crippen molar-refractivity contribution in [3.05, 3.63) is 111 Å². The van der Waals surface area contributed by atoms with Gasteiger partial charge in [-0.05, 0) is 150 Å². The van der Waals surface area contributed by atoms with E-state index in [0.29, 0.717) is 5.92 Å². The number of unbranched alkanes of at least 4 members (excludes halogenated alkanes) is 18. The van der Waals surface area contributed by atoms with Crippen LogP contribution in [0.2, 0.25) is 0 Å². The van der Waals surface area contributed by atoms with Crippen molar-refractivity contribution in [2.45, 2.75) is 261 Å². The summed E-state index contributed by atoms with van der Waals surface area (Å²) >= 11 is 0. The van der Waals surface area contributed by atoms with E-state index in [1.807, 2.05) is 0 Å². The van der Waals surface area contributed by atoms with Crippen molar-refractivity contribution >= 4 is 23.6 Å². The molecule has 1 aliphatic carbocycles. The van der Waals surface area contributed by atoms with Crippen molar-refractivity contribution in [3.8, 4) is 0 Å². The van der Waals surface area contributed by atoms with E-state index in [-0.39, 0.29) is 0 Å². The van der Waals surface area contributed by atoms with Crippen molar-refractivity contribution in [1.82, 2.24) is 0 Å². The molecule has 0 fully saturated rings. The Bertz CT molecular complexity index is 1520. The second-order valence-corrected chi connectivity index (χ2v) is 24.5.